The Kier molecular flexibility index (Phi) is 5.34. The third-order valence-electron chi connectivity index (χ3n) is 2.98. The molecule has 0 radical (unpaired) electrons. The summed E-state index contributed by atoms with van der Waals surface area (Å²) < 4.78 is 0. The summed E-state index contributed by atoms with van der Waals surface area (Å²) in [5, 5.41) is 15.6. The zero-order valence-corrected chi connectivity index (χ0v) is 11.5. The average molecular weight is 269 g/mol. The van der Waals surface area contributed by atoms with Crippen LogP contribution in [-0.4, -0.2) is 22.5 Å². The minimum Gasteiger partial charge on any atom is -0.481 e. The van der Waals surface area contributed by atoms with Gasteiger partial charge in [-0.25, -0.2) is 0 Å². The summed E-state index contributed by atoms with van der Waals surface area (Å²) in [6, 6.07) is 1.99. The van der Waals surface area contributed by atoms with Crippen LogP contribution in [0.2, 0.25) is 0 Å². The van der Waals surface area contributed by atoms with E-state index in [9.17, 15) is 9.59 Å². The summed E-state index contributed by atoms with van der Waals surface area (Å²) in [6.45, 7) is 3.64. The molecule has 0 saturated carbocycles. The molecule has 0 fully saturated rings. The number of carbonyl (C=O) groups excluding carboxylic acids is 1. The Labute approximate surface area is 111 Å². The number of aryl methyl sites for hydroxylation is 1. The Morgan fingerprint density at radius 1 is 1.50 bits per heavy atom. The molecule has 1 rings (SSSR count). The van der Waals surface area contributed by atoms with Gasteiger partial charge in [0, 0.05) is 12.0 Å². The molecule has 0 aliphatic carbocycles. The molecule has 1 aromatic rings. The second kappa shape index (κ2) is 6.54. The van der Waals surface area contributed by atoms with Crippen molar-refractivity contribution in [2.24, 2.45) is 0 Å². The van der Waals surface area contributed by atoms with E-state index < -0.39 is 11.5 Å². The van der Waals surface area contributed by atoms with Gasteiger partial charge in [0.15, 0.2) is 0 Å². The van der Waals surface area contributed by atoms with Crippen LogP contribution in [0.4, 0.5) is 0 Å². The molecule has 0 aliphatic rings. The van der Waals surface area contributed by atoms with Crippen molar-refractivity contribution in [3.63, 3.8) is 0 Å². The van der Waals surface area contributed by atoms with E-state index in [4.69, 9.17) is 5.11 Å². The molecule has 0 spiro atoms. The van der Waals surface area contributed by atoms with E-state index >= 15 is 0 Å². The molecule has 1 aromatic heterocycles. The fourth-order valence-electron chi connectivity index (χ4n) is 1.68. The van der Waals surface area contributed by atoms with Crippen LogP contribution < -0.4 is 5.32 Å². The number of rotatable bonds is 7. The summed E-state index contributed by atoms with van der Waals surface area (Å²) in [5.74, 6) is -0.982. The third kappa shape index (κ3) is 4.87. The van der Waals surface area contributed by atoms with E-state index in [0.717, 1.165) is 5.56 Å². The SMILES string of the molecule is CCC(C)(CC(=O)O)NC(=O)CCc1ccsc1. The van der Waals surface area contributed by atoms with Gasteiger partial charge >= 0.3 is 5.97 Å². The molecular formula is C13H19NO3S. The first-order valence-corrected chi connectivity index (χ1v) is 6.93. The predicted molar refractivity (Wildman–Crippen MR) is 71.7 cm³/mol. The number of carboxylic acid groups (broad SMARTS) is 1. The molecule has 1 atom stereocenters. The van der Waals surface area contributed by atoms with Crippen LogP contribution in [-0.2, 0) is 16.0 Å². The minimum absolute atomic E-state index is 0.0479. The van der Waals surface area contributed by atoms with Crippen molar-refractivity contribution in [1.82, 2.24) is 5.32 Å². The molecule has 2 N–H and O–H groups in total. The van der Waals surface area contributed by atoms with Gasteiger partial charge in [0.25, 0.3) is 0 Å². The summed E-state index contributed by atoms with van der Waals surface area (Å²) in [7, 11) is 0. The number of aliphatic carboxylic acids is 1. The van der Waals surface area contributed by atoms with Gasteiger partial charge < -0.3 is 10.4 Å². The number of carbonyl (C=O) groups is 2. The largest absolute Gasteiger partial charge is 0.481 e. The van der Waals surface area contributed by atoms with Gasteiger partial charge in [-0.2, -0.15) is 11.3 Å². The van der Waals surface area contributed by atoms with Gasteiger partial charge in [0.1, 0.15) is 0 Å². The number of thiophene rings is 1. The maximum atomic E-state index is 11.8. The van der Waals surface area contributed by atoms with Gasteiger partial charge in [-0.1, -0.05) is 6.92 Å². The van der Waals surface area contributed by atoms with E-state index in [1.807, 2.05) is 23.8 Å². The highest BCUT2D eigenvalue weighted by Gasteiger charge is 2.27. The highest BCUT2D eigenvalue weighted by molar-refractivity contribution is 7.07. The summed E-state index contributed by atoms with van der Waals surface area (Å²) in [5.41, 5.74) is 0.490. The Bertz CT molecular complexity index is 402. The lowest BCUT2D eigenvalue weighted by Crippen LogP contribution is -2.47. The molecule has 1 unspecified atom stereocenters. The van der Waals surface area contributed by atoms with Gasteiger partial charge in [-0.15, -0.1) is 0 Å². The van der Waals surface area contributed by atoms with Crippen molar-refractivity contribution >= 4 is 23.2 Å². The topological polar surface area (TPSA) is 66.4 Å². The number of carboxylic acids is 1. The van der Waals surface area contributed by atoms with E-state index in [1.165, 1.54) is 0 Å². The summed E-state index contributed by atoms with van der Waals surface area (Å²) in [4.78, 5) is 22.5. The Morgan fingerprint density at radius 3 is 2.72 bits per heavy atom. The molecule has 100 valence electrons. The maximum absolute atomic E-state index is 11.8. The molecule has 0 aliphatic heterocycles. The number of hydrogen-bond acceptors (Lipinski definition) is 3. The highest BCUT2D eigenvalue weighted by atomic mass is 32.1. The van der Waals surface area contributed by atoms with Crippen molar-refractivity contribution in [3.05, 3.63) is 22.4 Å². The van der Waals surface area contributed by atoms with E-state index in [1.54, 1.807) is 18.3 Å². The van der Waals surface area contributed by atoms with Gasteiger partial charge in [0.05, 0.1) is 6.42 Å². The zero-order chi connectivity index (χ0) is 13.6. The second-order valence-corrected chi connectivity index (χ2v) is 5.44. The maximum Gasteiger partial charge on any atom is 0.305 e. The first-order chi connectivity index (χ1) is 8.45. The monoisotopic (exact) mass is 269 g/mol. The zero-order valence-electron chi connectivity index (χ0n) is 10.7. The minimum atomic E-state index is -0.891. The van der Waals surface area contributed by atoms with Crippen molar-refractivity contribution in [3.8, 4) is 0 Å². The van der Waals surface area contributed by atoms with Crippen LogP contribution in [0, 0.1) is 0 Å². The Hall–Kier alpha value is -1.36. The van der Waals surface area contributed by atoms with Gasteiger partial charge in [-0.3, -0.25) is 9.59 Å². The number of hydrogen-bond donors (Lipinski definition) is 2. The van der Waals surface area contributed by atoms with Crippen LogP contribution in [0.3, 0.4) is 0 Å². The predicted octanol–water partition coefficient (Wildman–Crippen LogP) is 2.44. The molecule has 0 aromatic carbocycles. The molecule has 5 heteroatoms. The van der Waals surface area contributed by atoms with E-state index in [0.29, 0.717) is 19.3 Å². The quantitative estimate of drug-likeness (QED) is 0.799. The van der Waals surface area contributed by atoms with Crippen LogP contribution in [0.1, 0.15) is 38.7 Å². The van der Waals surface area contributed by atoms with E-state index in [-0.39, 0.29) is 12.3 Å². The number of amides is 1. The third-order valence-corrected chi connectivity index (χ3v) is 3.72. The lowest BCUT2D eigenvalue weighted by molar-refractivity contribution is -0.139. The van der Waals surface area contributed by atoms with Crippen molar-refractivity contribution in [2.45, 2.75) is 45.1 Å². The normalized spacial score (nSPS) is 13.9. The van der Waals surface area contributed by atoms with Gasteiger partial charge in [0.2, 0.25) is 5.91 Å². The molecular weight excluding hydrogens is 250 g/mol. The summed E-state index contributed by atoms with van der Waals surface area (Å²) >= 11 is 1.61. The average Bonchev–Trinajstić information content (AvgIpc) is 2.78. The van der Waals surface area contributed by atoms with Crippen LogP contribution >= 0.6 is 11.3 Å². The first-order valence-electron chi connectivity index (χ1n) is 5.99. The van der Waals surface area contributed by atoms with Crippen LogP contribution in [0.25, 0.3) is 0 Å². The number of nitrogens with one attached hydrogen (secondary N) is 1. The molecule has 1 amide bonds. The van der Waals surface area contributed by atoms with Crippen molar-refractivity contribution < 1.29 is 14.7 Å². The molecule has 0 bridgehead atoms. The Morgan fingerprint density at radius 2 is 2.22 bits per heavy atom. The highest BCUT2D eigenvalue weighted by Crippen LogP contribution is 2.15. The molecule has 0 saturated heterocycles. The fraction of sp³-hybridized carbons (Fsp3) is 0.538. The molecule has 1 heterocycles. The standard InChI is InChI=1S/C13H19NO3S/c1-3-13(2,8-12(16)17)14-11(15)5-4-10-6-7-18-9-10/h6-7,9H,3-5,8H2,1-2H3,(H,14,15)(H,16,17). The second-order valence-electron chi connectivity index (χ2n) is 4.66. The van der Waals surface area contributed by atoms with Crippen molar-refractivity contribution in [1.29, 1.82) is 0 Å². The van der Waals surface area contributed by atoms with Crippen LogP contribution in [0.5, 0.6) is 0 Å². The first kappa shape index (κ1) is 14.7. The Balaban J connectivity index is 2.44. The fourth-order valence-corrected chi connectivity index (χ4v) is 2.39. The molecule has 4 nitrogen and oxygen atoms in total. The lowest BCUT2D eigenvalue weighted by atomic mass is 9.94. The van der Waals surface area contributed by atoms with Crippen molar-refractivity contribution in [2.75, 3.05) is 0 Å². The lowest BCUT2D eigenvalue weighted by Gasteiger charge is -2.27. The smallest absolute Gasteiger partial charge is 0.305 e. The van der Waals surface area contributed by atoms with Crippen LogP contribution in [0.15, 0.2) is 16.8 Å². The van der Waals surface area contributed by atoms with E-state index in [2.05, 4.69) is 5.32 Å². The summed E-state index contributed by atoms with van der Waals surface area (Å²) in [6.07, 6.45) is 1.64. The molecule has 18 heavy (non-hydrogen) atoms. The van der Waals surface area contributed by atoms with Gasteiger partial charge in [-0.05, 0) is 42.2 Å².